The van der Waals surface area contributed by atoms with Crippen molar-refractivity contribution in [3.05, 3.63) is 52.9 Å². The second-order valence-electron chi connectivity index (χ2n) is 13.0. The third-order valence-electron chi connectivity index (χ3n) is 9.60. The Bertz CT molecular complexity index is 1810. The van der Waals surface area contributed by atoms with Gasteiger partial charge in [0.1, 0.15) is 24.2 Å². The molecule has 0 amide bonds. The standard InChI is InChI=1S/C33H41BrN9O2P/c1-41-13-15-42(16-14-41)22-9-12-43-23(18-22)6-5-21-17-27(29(45-2)19-28(21)43)39-33-37-20-24(34)32(40-33)38-26-8-7-25-30(36-11-10-35-25)31(26)46(3,4)44/h7-8,10-11,17,19-20,22-23H,5-6,9,12-16,18H2,1-4H3,(H2,37,38,39,40)/t22?,23-/m0/s1. The number of piperidine rings is 1. The predicted octanol–water partition coefficient (Wildman–Crippen LogP) is 5.46. The van der Waals surface area contributed by atoms with Crippen molar-refractivity contribution in [3.63, 3.8) is 0 Å². The summed E-state index contributed by atoms with van der Waals surface area (Å²) in [5, 5.41) is 7.43. The summed E-state index contributed by atoms with van der Waals surface area (Å²) in [5.74, 6) is 1.72. The molecule has 7 rings (SSSR count). The quantitative estimate of drug-likeness (QED) is 0.239. The zero-order valence-corrected chi connectivity index (χ0v) is 29.3. The first-order chi connectivity index (χ1) is 22.2. The molecule has 0 radical (unpaired) electrons. The fourth-order valence-corrected chi connectivity index (χ4v) is 8.92. The number of hydrogen-bond donors (Lipinski definition) is 2. The van der Waals surface area contributed by atoms with E-state index in [1.54, 1.807) is 39.0 Å². The monoisotopic (exact) mass is 705 g/mol. The summed E-state index contributed by atoms with van der Waals surface area (Å²) >= 11 is 3.59. The summed E-state index contributed by atoms with van der Waals surface area (Å²) in [6, 6.07) is 9.36. The predicted molar refractivity (Wildman–Crippen MR) is 189 cm³/mol. The van der Waals surface area contributed by atoms with Crippen LogP contribution in [0, 0.1) is 0 Å². The summed E-state index contributed by atoms with van der Waals surface area (Å²) < 4.78 is 20.0. The number of rotatable bonds is 7. The van der Waals surface area contributed by atoms with Gasteiger partial charge in [-0.2, -0.15) is 4.98 Å². The number of halogens is 1. The minimum absolute atomic E-state index is 0.420. The lowest BCUT2D eigenvalue weighted by Gasteiger charge is -2.48. The molecule has 1 unspecified atom stereocenters. The molecule has 2 aromatic heterocycles. The van der Waals surface area contributed by atoms with Crippen molar-refractivity contribution in [2.24, 2.45) is 0 Å². The van der Waals surface area contributed by atoms with Crippen LogP contribution >= 0.6 is 23.1 Å². The molecule has 2 N–H and O–H groups in total. The number of methoxy groups -OCH3 is 1. The van der Waals surface area contributed by atoms with Crippen LogP contribution in [0.1, 0.15) is 24.8 Å². The average Bonchev–Trinajstić information content (AvgIpc) is 3.05. The normalized spacial score (nSPS) is 20.7. The van der Waals surface area contributed by atoms with Gasteiger partial charge in [-0.1, -0.05) is 0 Å². The Morgan fingerprint density at radius 1 is 0.957 bits per heavy atom. The van der Waals surface area contributed by atoms with E-state index in [9.17, 15) is 4.57 Å². The van der Waals surface area contributed by atoms with Gasteiger partial charge in [0.05, 0.1) is 33.8 Å². The maximum absolute atomic E-state index is 13.4. The van der Waals surface area contributed by atoms with Gasteiger partial charge in [0.2, 0.25) is 5.95 Å². The van der Waals surface area contributed by atoms with Crippen molar-refractivity contribution in [2.45, 2.75) is 37.8 Å². The molecule has 0 bridgehead atoms. The number of benzene rings is 2. The molecule has 2 aromatic carbocycles. The van der Waals surface area contributed by atoms with Crippen molar-refractivity contribution in [3.8, 4) is 5.75 Å². The largest absolute Gasteiger partial charge is 0.494 e. The molecule has 4 aromatic rings. The van der Waals surface area contributed by atoms with Gasteiger partial charge >= 0.3 is 0 Å². The number of ether oxygens (including phenoxy) is 1. The molecule has 46 heavy (non-hydrogen) atoms. The lowest BCUT2D eigenvalue weighted by atomic mass is 9.86. The van der Waals surface area contributed by atoms with Crippen molar-refractivity contribution < 1.29 is 9.30 Å². The Balaban J connectivity index is 1.12. The Morgan fingerprint density at radius 3 is 2.54 bits per heavy atom. The number of nitrogens with zero attached hydrogens (tertiary/aromatic N) is 7. The van der Waals surface area contributed by atoms with Crippen molar-refractivity contribution in [1.82, 2.24) is 29.7 Å². The number of hydrogen-bond acceptors (Lipinski definition) is 11. The smallest absolute Gasteiger partial charge is 0.229 e. The molecule has 5 heterocycles. The average molecular weight is 707 g/mol. The van der Waals surface area contributed by atoms with Gasteiger partial charge in [-0.3, -0.25) is 14.9 Å². The second-order valence-corrected chi connectivity index (χ2v) is 17.0. The van der Waals surface area contributed by atoms with Crippen LogP contribution in [-0.2, 0) is 11.0 Å². The van der Waals surface area contributed by atoms with E-state index >= 15 is 0 Å². The lowest BCUT2D eigenvalue weighted by molar-refractivity contribution is 0.0892. The molecule has 2 saturated heterocycles. The van der Waals surface area contributed by atoms with Crippen LogP contribution in [0.4, 0.5) is 28.8 Å². The van der Waals surface area contributed by atoms with Crippen LogP contribution in [-0.4, -0.2) is 102 Å². The highest BCUT2D eigenvalue weighted by molar-refractivity contribution is 9.10. The van der Waals surface area contributed by atoms with Crippen LogP contribution in [0.15, 0.2) is 47.3 Å². The Morgan fingerprint density at radius 2 is 1.76 bits per heavy atom. The molecular formula is C33H41BrN9O2P. The van der Waals surface area contributed by atoms with E-state index in [1.165, 1.54) is 50.3 Å². The Kier molecular flexibility index (Phi) is 8.65. The number of aryl methyl sites for hydroxylation is 1. The minimum atomic E-state index is -2.73. The van der Waals surface area contributed by atoms with Gasteiger partial charge in [-0.15, -0.1) is 0 Å². The lowest BCUT2D eigenvalue weighted by Crippen LogP contribution is -2.55. The molecule has 11 nitrogen and oxygen atoms in total. The summed E-state index contributed by atoms with van der Waals surface area (Å²) in [6.45, 7) is 9.24. The summed E-state index contributed by atoms with van der Waals surface area (Å²) in [7, 11) is 1.20. The molecule has 3 aliphatic rings. The van der Waals surface area contributed by atoms with Gasteiger partial charge in [-0.05, 0) is 85.8 Å². The first-order valence-corrected chi connectivity index (χ1v) is 19.3. The second kappa shape index (κ2) is 12.7. The molecular weight excluding hydrogens is 665 g/mol. The van der Waals surface area contributed by atoms with E-state index in [1.807, 2.05) is 12.1 Å². The van der Waals surface area contributed by atoms with E-state index in [0.29, 0.717) is 50.3 Å². The van der Waals surface area contributed by atoms with Crippen molar-refractivity contribution >= 4 is 68.2 Å². The highest BCUT2D eigenvalue weighted by Crippen LogP contribution is 2.43. The van der Waals surface area contributed by atoms with Gasteiger partial charge in [0.25, 0.3) is 0 Å². The number of aromatic nitrogens is 4. The molecule has 2 atom stereocenters. The number of piperazine rings is 1. The zero-order valence-electron chi connectivity index (χ0n) is 26.8. The van der Waals surface area contributed by atoms with E-state index in [2.05, 4.69) is 75.4 Å². The SMILES string of the molecule is COc1cc2c(cc1Nc1ncc(Br)c(Nc3ccc4nccnc4c3P(C)(C)=O)n1)CC[C@H]1CC(N3CCN(C)CC3)CCN21. The summed E-state index contributed by atoms with van der Waals surface area (Å²) in [4.78, 5) is 26.0. The molecule has 242 valence electrons. The maximum Gasteiger partial charge on any atom is 0.229 e. The third kappa shape index (κ3) is 6.20. The van der Waals surface area contributed by atoms with Gasteiger partial charge in [0.15, 0.2) is 0 Å². The van der Waals surface area contributed by atoms with Crippen LogP contribution in [0.25, 0.3) is 11.0 Å². The fourth-order valence-electron chi connectivity index (χ4n) is 7.24. The summed E-state index contributed by atoms with van der Waals surface area (Å²) in [5.41, 5.74) is 5.41. The van der Waals surface area contributed by atoms with E-state index in [0.717, 1.165) is 30.8 Å². The van der Waals surface area contributed by atoms with Crippen LogP contribution in [0.5, 0.6) is 5.75 Å². The zero-order chi connectivity index (χ0) is 32.0. The van der Waals surface area contributed by atoms with Crippen LogP contribution in [0.3, 0.4) is 0 Å². The fraction of sp³-hybridized carbons (Fsp3) is 0.455. The maximum atomic E-state index is 13.4. The minimum Gasteiger partial charge on any atom is -0.494 e. The Labute approximate surface area is 278 Å². The third-order valence-corrected chi connectivity index (χ3v) is 11.7. The Hall–Kier alpha value is -3.31. The topological polar surface area (TPSA) is 112 Å². The van der Waals surface area contributed by atoms with E-state index < -0.39 is 7.14 Å². The molecule has 3 aliphatic heterocycles. The molecule has 0 spiro atoms. The number of likely N-dealkylation sites (N-methyl/N-ethyl adjacent to an activating group) is 1. The number of nitrogens with one attached hydrogen (secondary N) is 2. The van der Waals surface area contributed by atoms with E-state index in [4.69, 9.17) is 9.72 Å². The highest BCUT2D eigenvalue weighted by atomic mass is 79.9. The molecule has 0 saturated carbocycles. The van der Waals surface area contributed by atoms with Gasteiger partial charge in [0, 0.05) is 75.2 Å². The molecule has 0 aliphatic carbocycles. The first-order valence-electron chi connectivity index (χ1n) is 15.9. The van der Waals surface area contributed by atoms with Gasteiger partial charge < -0.3 is 29.7 Å². The van der Waals surface area contributed by atoms with E-state index in [-0.39, 0.29) is 0 Å². The number of fused-ring (bicyclic) bond motifs is 4. The highest BCUT2D eigenvalue weighted by Gasteiger charge is 2.36. The molecule has 13 heteroatoms. The van der Waals surface area contributed by atoms with Crippen molar-refractivity contribution in [2.75, 3.05) is 75.7 Å². The summed E-state index contributed by atoms with van der Waals surface area (Å²) in [6.07, 6.45) is 9.57. The molecule has 2 fully saturated rings. The van der Waals surface area contributed by atoms with Crippen molar-refractivity contribution in [1.29, 1.82) is 0 Å². The first kappa shape index (κ1) is 31.3. The van der Waals surface area contributed by atoms with Gasteiger partial charge in [-0.25, -0.2) is 4.98 Å². The van der Waals surface area contributed by atoms with Crippen LogP contribution < -0.4 is 25.6 Å². The number of anilines is 5. The van der Waals surface area contributed by atoms with Crippen LogP contribution in [0.2, 0.25) is 0 Å².